The van der Waals surface area contributed by atoms with Crippen LogP contribution in [0.5, 0.6) is 0 Å². The third kappa shape index (κ3) is 1.82. The Morgan fingerprint density at radius 3 is 2.57 bits per heavy atom. The van der Waals surface area contributed by atoms with Gasteiger partial charge in [0.2, 0.25) is 3.79 Å². The molecule has 76 valence electrons. The van der Waals surface area contributed by atoms with Crippen LogP contribution < -0.4 is 5.32 Å². The normalized spacial score (nSPS) is 15.7. The van der Waals surface area contributed by atoms with Gasteiger partial charge in [-0.15, -0.1) is 0 Å². The Kier molecular flexibility index (Phi) is 2.60. The van der Waals surface area contributed by atoms with Crippen LogP contribution in [0.25, 0.3) is 0 Å². The van der Waals surface area contributed by atoms with Crippen LogP contribution in [-0.2, 0) is 16.9 Å². The number of fused-ring (bicyclic) bond motifs is 1. The van der Waals surface area contributed by atoms with Gasteiger partial charge in [0, 0.05) is 24.3 Å². The molecule has 0 fully saturated rings. The highest BCUT2D eigenvalue weighted by atomic mass is 35.6. The third-order valence-electron chi connectivity index (χ3n) is 2.15. The monoisotopic (exact) mass is 251 g/mol. The molecule has 1 aromatic heterocycles. The Morgan fingerprint density at radius 1 is 1.21 bits per heavy atom. The lowest BCUT2D eigenvalue weighted by molar-refractivity contribution is 0.755. The fourth-order valence-corrected chi connectivity index (χ4v) is 1.72. The van der Waals surface area contributed by atoms with E-state index in [4.69, 9.17) is 34.8 Å². The number of hydrogen-bond acceptors (Lipinski definition) is 3. The van der Waals surface area contributed by atoms with Crippen LogP contribution in [0, 0.1) is 6.92 Å². The van der Waals surface area contributed by atoms with Crippen LogP contribution in [0.2, 0.25) is 0 Å². The summed E-state index contributed by atoms with van der Waals surface area (Å²) in [6.45, 7) is 3.40. The van der Waals surface area contributed by atoms with E-state index in [-0.39, 0.29) is 5.82 Å². The average molecular weight is 253 g/mol. The third-order valence-corrected chi connectivity index (χ3v) is 2.65. The number of rotatable bonds is 0. The molecule has 0 saturated heterocycles. The lowest BCUT2D eigenvalue weighted by Gasteiger charge is -2.11. The lowest BCUT2D eigenvalue weighted by atomic mass is 10.2. The topological polar surface area (TPSA) is 37.8 Å². The molecule has 0 spiro atoms. The standard InChI is InChI=1S/C8H8Cl3N3/c1-4-5-2-12-3-6(5)14-7(13-4)8(9,10)11/h12H,2-3H2,1H3. The Bertz CT molecular complexity index is 373. The summed E-state index contributed by atoms with van der Waals surface area (Å²) in [7, 11) is 0. The minimum Gasteiger partial charge on any atom is -0.307 e. The minimum atomic E-state index is -1.54. The molecular weight excluding hydrogens is 244 g/mol. The van der Waals surface area contributed by atoms with Crippen LogP contribution >= 0.6 is 34.8 Å². The van der Waals surface area contributed by atoms with E-state index in [1.54, 1.807) is 0 Å². The van der Waals surface area contributed by atoms with Gasteiger partial charge in [0.1, 0.15) is 0 Å². The zero-order valence-electron chi connectivity index (χ0n) is 7.44. The van der Waals surface area contributed by atoms with Gasteiger partial charge >= 0.3 is 0 Å². The molecule has 0 radical (unpaired) electrons. The van der Waals surface area contributed by atoms with Gasteiger partial charge in [0.25, 0.3) is 0 Å². The highest BCUT2D eigenvalue weighted by Crippen LogP contribution is 2.36. The molecule has 6 heteroatoms. The highest BCUT2D eigenvalue weighted by Gasteiger charge is 2.29. The summed E-state index contributed by atoms with van der Waals surface area (Å²) in [4.78, 5) is 8.39. The van der Waals surface area contributed by atoms with Crippen LogP contribution in [0.15, 0.2) is 0 Å². The Balaban J connectivity index is 2.52. The van der Waals surface area contributed by atoms with Gasteiger partial charge in [0.05, 0.1) is 5.69 Å². The van der Waals surface area contributed by atoms with E-state index in [0.29, 0.717) is 6.54 Å². The summed E-state index contributed by atoms with van der Waals surface area (Å²) < 4.78 is -1.54. The maximum absolute atomic E-state index is 5.72. The van der Waals surface area contributed by atoms with Gasteiger partial charge in [-0.2, -0.15) is 0 Å². The number of hydrogen-bond donors (Lipinski definition) is 1. The molecule has 1 aliphatic heterocycles. The second-order valence-corrected chi connectivity index (χ2v) is 5.44. The molecule has 0 atom stereocenters. The van der Waals surface area contributed by atoms with E-state index in [1.807, 2.05) is 6.92 Å². The van der Waals surface area contributed by atoms with E-state index in [9.17, 15) is 0 Å². The van der Waals surface area contributed by atoms with Crippen molar-refractivity contribution < 1.29 is 0 Å². The number of aryl methyl sites for hydroxylation is 1. The van der Waals surface area contributed by atoms with Crippen molar-refractivity contribution in [2.45, 2.75) is 23.8 Å². The summed E-state index contributed by atoms with van der Waals surface area (Å²) in [5, 5.41) is 3.18. The predicted octanol–water partition coefficient (Wildman–Crippen LogP) is 2.21. The second kappa shape index (κ2) is 3.49. The molecule has 1 aromatic rings. The number of nitrogens with zero attached hydrogens (tertiary/aromatic N) is 2. The fourth-order valence-electron chi connectivity index (χ4n) is 1.46. The van der Waals surface area contributed by atoms with Crippen molar-refractivity contribution in [1.82, 2.24) is 15.3 Å². The summed E-state index contributed by atoms with van der Waals surface area (Å²) in [6, 6.07) is 0. The van der Waals surface area contributed by atoms with Gasteiger partial charge in [-0.05, 0) is 6.92 Å². The SMILES string of the molecule is Cc1nc(C(Cl)(Cl)Cl)nc2c1CNC2. The van der Waals surface area contributed by atoms with E-state index < -0.39 is 3.79 Å². The number of alkyl halides is 3. The number of aromatic nitrogens is 2. The first-order valence-electron chi connectivity index (χ1n) is 4.13. The first-order valence-corrected chi connectivity index (χ1v) is 5.26. The molecule has 0 saturated carbocycles. The molecule has 2 rings (SSSR count). The van der Waals surface area contributed by atoms with E-state index in [2.05, 4.69) is 15.3 Å². The Labute approximate surface area is 96.8 Å². The first-order chi connectivity index (χ1) is 6.48. The first kappa shape index (κ1) is 10.4. The van der Waals surface area contributed by atoms with Crippen molar-refractivity contribution in [3.63, 3.8) is 0 Å². The second-order valence-electron chi connectivity index (χ2n) is 3.16. The van der Waals surface area contributed by atoms with Crippen LogP contribution in [0.1, 0.15) is 22.8 Å². The van der Waals surface area contributed by atoms with Crippen molar-refractivity contribution in [3.05, 3.63) is 22.8 Å². The summed E-state index contributed by atoms with van der Waals surface area (Å²) in [5.41, 5.74) is 2.92. The predicted molar refractivity (Wildman–Crippen MR) is 56.5 cm³/mol. The number of nitrogens with one attached hydrogen (secondary N) is 1. The molecule has 0 aromatic carbocycles. The van der Waals surface area contributed by atoms with Gasteiger partial charge in [-0.25, -0.2) is 9.97 Å². The van der Waals surface area contributed by atoms with Crippen LogP contribution in [0.4, 0.5) is 0 Å². The Morgan fingerprint density at radius 2 is 1.93 bits per heavy atom. The Hall–Kier alpha value is -0.0900. The van der Waals surface area contributed by atoms with Crippen LogP contribution in [0.3, 0.4) is 0 Å². The van der Waals surface area contributed by atoms with Crippen molar-refractivity contribution >= 4 is 34.8 Å². The van der Waals surface area contributed by atoms with E-state index >= 15 is 0 Å². The smallest absolute Gasteiger partial charge is 0.250 e. The fraction of sp³-hybridized carbons (Fsp3) is 0.500. The quantitative estimate of drug-likeness (QED) is 0.720. The zero-order valence-corrected chi connectivity index (χ0v) is 9.71. The van der Waals surface area contributed by atoms with Crippen molar-refractivity contribution in [3.8, 4) is 0 Å². The van der Waals surface area contributed by atoms with Crippen molar-refractivity contribution in [2.75, 3.05) is 0 Å². The lowest BCUT2D eigenvalue weighted by Crippen LogP contribution is -2.11. The summed E-state index contributed by atoms with van der Waals surface area (Å²) >= 11 is 17.2. The molecule has 14 heavy (non-hydrogen) atoms. The van der Waals surface area contributed by atoms with Crippen LogP contribution in [-0.4, -0.2) is 9.97 Å². The van der Waals surface area contributed by atoms with E-state index in [0.717, 1.165) is 23.5 Å². The zero-order chi connectivity index (χ0) is 10.3. The molecule has 1 aliphatic rings. The molecule has 1 N–H and O–H groups in total. The highest BCUT2D eigenvalue weighted by molar-refractivity contribution is 6.66. The van der Waals surface area contributed by atoms with Crippen molar-refractivity contribution in [1.29, 1.82) is 0 Å². The van der Waals surface area contributed by atoms with Crippen molar-refractivity contribution in [2.24, 2.45) is 0 Å². The molecule has 0 aliphatic carbocycles. The van der Waals surface area contributed by atoms with Gasteiger partial charge < -0.3 is 5.32 Å². The number of halogens is 3. The summed E-state index contributed by atoms with van der Waals surface area (Å²) in [5.74, 6) is 0.252. The molecule has 0 amide bonds. The molecule has 0 bridgehead atoms. The van der Waals surface area contributed by atoms with Gasteiger partial charge in [0.15, 0.2) is 5.82 Å². The maximum atomic E-state index is 5.72. The molecular formula is C8H8Cl3N3. The summed E-state index contributed by atoms with van der Waals surface area (Å²) in [6.07, 6.45) is 0. The largest absolute Gasteiger partial charge is 0.307 e. The minimum absolute atomic E-state index is 0.252. The van der Waals surface area contributed by atoms with Gasteiger partial charge in [-0.3, -0.25) is 0 Å². The molecule has 3 nitrogen and oxygen atoms in total. The molecule has 0 unspecified atom stereocenters. The maximum Gasteiger partial charge on any atom is 0.250 e. The molecule has 2 heterocycles. The van der Waals surface area contributed by atoms with E-state index in [1.165, 1.54) is 0 Å². The van der Waals surface area contributed by atoms with Gasteiger partial charge in [-0.1, -0.05) is 34.8 Å². The average Bonchev–Trinajstić information content (AvgIpc) is 2.50.